The fraction of sp³-hybridized carbons (Fsp3) is 0.222. The third-order valence-corrected chi connectivity index (χ3v) is 4.24. The normalized spacial score (nSPS) is 10.6. The molecule has 8 heteroatoms. The Morgan fingerprint density at radius 2 is 1.92 bits per heavy atom. The molecule has 0 aliphatic heterocycles. The number of hydrogen-bond donors (Lipinski definition) is 1. The Balaban J connectivity index is 1.91. The molecule has 0 spiro atoms. The zero-order valence-electron chi connectivity index (χ0n) is 14.3. The summed E-state index contributed by atoms with van der Waals surface area (Å²) in [7, 11) is 1.56. The summed E-state index contributed by atoms with van der Waals surface area (Å²) in [6, 6.07) is 10.8. The molecule has 0 radical (unpaired) electrons. The quantitative estimate of drug-likeness (QED) is 0.450. The lowest BCUT2D eigenvalue weighted by molar-refractivity contribution is -0.123. The zero-order valence-corrected chi connectivity index (χ0v) is 17.5. The molecule has 0 aliphatic rings. The number of ether oxygens (including phenoxy) is 3. The molecule has 26 heavy (non-hydrogen) atoms. The first-order valence-corrected chi connectivity index (χ1v) is 9.32. The van der Waals surface area contributed by atoms with Crippen molar-refractivity contribution in [1.82, 2.24) is 5.43 Å². The number of carbonyl (C=O) groups excluding carboxylic acids is 1. The summed E-state index contributed by atoms with van der Waals surface area (Å²) >= 11 is 6.78. The Morgan fingerprint density at radius 1 is 1.19 bits per heavy atom. The van der Waals surface area contributed by atoms with Gasteiger partial charge in [-0.25, -0.2) is 5.43 Å². The van der Waals surface area contributed by atoms with Gasteiger partial charge in [0.1, 0.15) is 5.75 Å². The molecule has 2 rings (SSSR count). The second-order valence-corrected chi connectivity index (χ2v) is 6.77. The van der Waals surface area contributed by atoms with Gasteiger partial charge in [0.15, 0.2) is 18.1 Å². The first kappa shape index (κ1) is 20.3. The molecule has 1 N–H and O–H groups in total. The average Bonchev–Trinajstić information content (AvgIpc) is 2.63. The highest BCUT2D eigenvalue weighted by Gasteiger charge is 2.10. The second kappa shape index (κ2) is 10.2. The largest absolute Gasteiger partial charge is 0.493 e. The molecule has 138 valence electrons. The standard InChI is InChI=1S/C18H18Br2N2O4/c1-3-25-18-15(20)8-12(9-16(18)24-2)10-21-22-17(23)11-26-14-6-4-13(19)5-7-14/h4-10H,3,11H2,1-2H3,(H,22,23)/b21-10+. The maximum Gasteiger partial charge on any atom is 0.277 e. The van der Waals surface area contributed by atoms with Crippen molar-refractivity contribution in [2.75, 3.05) is 20.3 Å². The minimum atomic E-state index is -0.360. The van der Waals surface area contributed by atoms with E-state index in [0.29, 0.717) is 23.9 Å². The topological polar surface area (TPSA) is 69.2 Å². The van der Waals surface area contributed by atoms with Crippen LogP contribution in [0.15, 0.2) is 50.4 Å². The average molecular weight is 486 g/mol. The van der Waals surface area contributed by atoms with Crippen molar-refractivity contribution in [3.05, 3.63) is 50.9 Å². The van der Waals surface area contributed by atoms with E-state index in [9.17, 15) is 4.79 Å². The summed E-state index contributed by atoms with van der Waals surface area (Å²) in [6.45, 7) is 2.29. The van der Waals surface area contributed by atoms with Crippen LogP contribution in [-0.4, -0.2) is 32.4 Å². The minimum Gasteiger partial charge on any atom is -0.493 e. The molecule has 0 bridgehead atoms. The van der Waals surface area contributed by atoms with E-state index in [-0.39, 0.29) is 12.5 Å². The van der Waals surface area contributed by atoms with Gasteiger partial charge < -0.3 is 14.2 Å². The predicted octanol–water partition coefficient (Wildman–Crippen LogP) is 4.15. The third kappa shape index (κ3) is 6.03. The molecule has 1 amide bonds. The van der Waals surface area contributed by atoms with Crippen molar-refractivity contribution in [3.8, 4) is 17.2 Å². The van der Waals surface area contributed by atoms with Gasteiger partial charge >= 0.3 is 0 Å². The summed E-state index contributed by atoms with van der Waals surface area (Å²) in [5.74, 6) is 1.44. The molecule has 0 saturated heterocycles. The summed E-state index contributed by atoms with van der Waals surface area (Å²) in [4.78, 5) is 11.8. The van der Waals surface area contributed by atoms with Gasteiger partial charge in [-0.05, 0) is 64.8 Å². The summed E-state index contributed by atoms with van der Waals surface area (Å²) in [5, 5.41) is 3.93. The molecule has 0 fully saturated rings. The maximum absolute atomic E-state index is 11.8. The van der Waals surface area contributed by atoms with Gasteiger partial charge in [0.05, 0.1) is 24.4 Å². The molecule has 6 nitrogen and oxygen atoms in total. The molecule has 0 unspecified atom stereocenters. The predicted molar refractivity (Wildman–Crippen MR) is 107 cm³/mol. The lowest BCUT2D eigenvalue weighted by Gasteiger charge is -2.12. The number of hydrazone groups is 1. The van der Waals surface area contributed by atoms with Gasteiger partial charge in [0.25, 0.3) is 5.91 Å². The number of amides is 1. The molecular weight excluding hydrogens is 468 g/mol. The lowest BCUT2D eigenvalue weighted by atomic mass is 10.2. The molecule has 0 heterocycles. The maximum atomic E-state index is 11.8. The first-order valence-electron chi connectivity index (χ1n) is 7.74. The van der Waals surface area contributed by atoms with E-state index in [1.54, 1.807) is 25.3 Å². The lowest BCUT2D eigenvalue weighted by Crippen LogP contribution is -2.24. The van der Waals surface area contributed by atoms with Crippen LogP contribution < -0.4 is 19.6 Å². The second-order valence-electron chi connectivity index (χ2n) is 5.00. The van der Waals surface area contributed by atoms with Crippen molar-refractivity contribution >= 4 is 44.0 Å². The van der Waals surface area contributed by atoms with E-state index in [2.05, 4.69) is 42.4 Å². The Kier molecular flexibility index (Phi) is 7.93. The number of benzene rings is 2. The minimum absolute atomic E-state index is 0.130. The number of carbonyl (C=O) groups is 1. The number of halogens is 2. The smallest absolute Gasteiger partial charge is 0.277 e. The Hall–Kier alpha value is -2.06. The Bertz CT molecular complexity index is 780. The Morgan fingerprint density at radius 3 is 2.58 bits per heavy atom. The number of nitrogens with zero attached hydrogens (tertiary/aromatic N) is 1. The van der Waals surface area contributed by atoms with Crippen molar-refractivity contribution in [2.24, 2.45) is 5.10 Å². The molecule has 2 aromatic rings. The number of rotatable bonds is 8. The fourth-order valence-electron chi connectivity index (χ4n) is 1.99. The highest BCUT2D eigenvalue weighted by molar-refractivity contribution is 9.10. The van der Waals surface area contributed by atoms with Crippen molar-refractivity contribution in [3.63, 3.8) is 0 Å². The van der Waals surface area contributed by atoms with Gasteiger partial charge in [-0.1, -0.05) is 15.9 Å². The van der Waals surface area contributed by atoms with E-state index < -0.39 is 0 Å². The zero-order chi connectivity index (χ0) is 18.9. The number of methoxy groups -OCH3 is 1. The van der Waals surface area contributed by atoms with Crippen LogP contribution in [0.5, 0.6) is 17.2 Å². The van der Waals surface area contributed by atoms with Crippen LogP contribution in [0.1, 0.15) is 12.5 Å². The van der Waals surface area contributed by atoms with Gasteiger partial charge in [-0.2, -0.15) is 5.10 Å². The van der Waals surface area contributed by atoms with E-state index in [4.69, 9.17) is 14.2 Å². The van der Waals surface area contributed by atoms with Crippen LogP contribution in [-0.2, 0) is 4.79 Å². The number of hydrogen-bond acceptors (Lipinski definition) is 5. The van der Waals surface area contributed by atoms with E-state index >= 15 is 0 Å². The third-order valence-electron chi connectivity index (χ3n) is 3.13. The molecule has 0 aromatic heterocycles. The van der Waals surface area contributed by atoms with Crippen LogP contribution >= 0.6 is 31.9 Å². The molecule has 2 aromatic carbocycles. The molecular formula is C18H18Br2N2O4. The number of nitrogens with one attached hydrogen (secondary N) is 1. The van der Waals surface area contributed by atoms with Crippen LogP contribution in [0, 0.1) is 0 Å². The summed E-state index contributed by atoms with van der Waals surface area (Å²) in [5.41, 5.74) is 3.16. The molecule has 0 atom stereocenters. The van der Waals surface area contributed by atoms with E-state index in [1.165, 1.54) is 6.21 Å². The highest BCUT2D eigenvalue weighted by atomic mass is 79.9. The fourth-order valence-corrected chi connectivity index (χ4v) is 2.83. The summed E-state index contributed by atoms with van der Waals surface area (Å²) < 4.78 is 17.9. The van der Waals surface area contributed by atoms with Crippen LogP contribution in [0.4, 0.5) is 0 Å². The van der Waals surface area contributed by atoms with Gasteiger partial charge in [-0.3, -0.25) is 4.79 Å². The molecule has 0 aliphatic carbocycles. The summed E-state index contributed by atoms with van der Waals surface area (Å²) in [6.07, 6.45) is 1.51. The van der Waals surface area contributed by atoms with E-state index in [1.807, 2.05) is 25.1 Å². The van der Waals surface area contributed by atoms with Crippen molar-refractivity contribution < 1.29 is 19.0 Å². The van der Waals surface area contributed by atoms with Crippen molar-refractivity contribution in [2.45, 2.75) is 6.92 Å². The van der Waals surface area contributed by atoms with Crippen LogP contribution in [0.2, 0.25) is 0 Å². The molecule has 0 saturated carbocycles. The van der Waals surface area contributed by atoms with Crippen LogP contribution in [0.3, 0.4) is 0 Å². The monoisotopic (exact) mass is 484 g/mol. The highest BCUT2D eigenvalue weighted by Crippen LogP contribution is 2.36. The van der Waals surface area contributed by atoms with Gasteiger partial charge in [0.2, 0.25) is 0 Å². The van der Waals surface area contributed by atoms with Crippen molar-refractivity contribution in [1.29, 1.82) is 0 Å². The van der Waals surface area contributed by atoms with Crippen LogP contribution in [0.25, 0.3) is 0 Å². The van der Waals surface area contributed by atoms with E-state index in [0.717, 1.165) is 14.5 Å². The SMILES string of the molecule is CCOc1c(Br)cc(/C=N/NC(=O)COc2ccc(Br)cc2)cc1OC. The van der Waals surface area contributed by atoms with Gasteiger partial charge in [-0.15, -0.1) is 0 Å². The van der Waals surface area contributed by atoms with Gasteiger partial charge in [0, 0.05) is 4.47 Å². The Labute approximate surface area is 168 Å². The first-order chi connectivity index (χ1) is 12.5.